The molecule has 0 amide bonds. The Morgan fingerprint density at radius 3 is 2.83 bits per heavy atom. The Morgan fingerprint density at radius 1 is 1.22 bits per heavy atom. The lowest BCUT2D eigenvalue weighted by Gasteiger charge is -2.14. The Kier molecular flexibility index (Phi) is 4.76. The van der Waals surface area contributed by atoms with Crippen molar-refractivity contribution in [1.29, 1.82) is 0 Å². The summed E-state index contributed by atoms with van der Waals surface area (Å²) in [5.41, 5.74) is 1.36. The first-order valence-electron chi connectivity index (χ1n) is 6.16. The summed E-state index contributed by atoms with van der Waals surface area (Å²) < 4.78 is 1.14. The minimum atomic E-state index is 0.416. The number of nitrogens with one attached hydrogen (secondary N) is 1. The van der Waals surface area contributed by atoms with Gasteiger partial charge in [0, 0.05) is 16.7 Å². The topological polar surface area (TPSA) is 24.9 Å². The summed E-state index contributed by atoms with van der Waals surface area (Å²) in [5, 5.41) is 3.40. The summed E-state index contributed by atoms with van der Waals surface area (Å²) >= 11 is 3.50. The van der Waals surface area contributed by atoms with Crippen LogP contribution < -0.4 is 5.32 Å². The Labute approximate surface area is 117 Å². The van der Waals surface area contributed by atoms with Crippen LogP contribution in [0.5, 0.6) is 0 Å². The lowest BCUT2D eigenvalue weighted by Crippen LogP contribution is -2.16. The van der Waals surface area contributed by atoms with E-state index in [0.717, 1.165) is 23.1 Å². The molecule has 0 fully saturated rings. The molecule has 2 nitrogen and oxygen atoms in total. The summed E-state index contributed by atoms with van der Waals surface area (Å²) in [6, 6.07) is 14.8. The van der Waals surface area contributed by atoms with Gasteiger partial charge in [-0.2, -0.15) is 0 Å². The van der Waals surface area contributed by atoms with Crippen LogP contribution in [-0.4, -0.2) is 11.0 Å². The molecule has 1 heterocycles. The maximum absolute atomic E-state index is 4.27. The highest BCUT2D eigenvalue weighted by molar-refractivity contribution is 9.10. The smallest absolute Gasteiger partial charge is 0.126 e. The average molecular weight is 305 g/mol. The highest BCUT2D eigenvalue weighted by Gasteiger charge is 2.03. The summed E-state index contributed by atoms with van der Waals surface area (Å²) in [4.78, 5) is 4.27. The molecule has 18 heavy (non-hydrogen) atoms. The molecule has 0 bridgehead atoms. The lowest BCUT2D eigenvalue weighted by molar-refractivity contribution is 0.703. The normalized spacial score (nSPS) is 12.1. The molecule has 1 aromatic heterocycles. The number of pyridine rings is 1. The molecule has 0 saturated heterocycles. The Hall–Kier alpha value is -1.35. The number of benzene rings is 1. The van der Waals surface area contributed by atoms with E-state index in [9.17, 15) is 0 Å². The van der Waals surface area contributed by atoms with E-state index in [4.69, 9.17) is 0 Å². The maximum atomic E-state index is 4.27. The van der Waals surface area contributed by atoms with E-state index in [2.05, 4.69) is 57.4 Å². The molecule has 1 atom stereocenters. The van der Waals surface area contributed by atoms with Gasteiger partial charge in [-0.1, -0.05) is 34.1 Å². The molecule has 0 aliphatic rings. The fourth-order valence-corrected chi connectivity index (χ4v) is 2.30. The molecule has 0 radical (unpaired) electrons. The summed E-state index contributed by atoms with van der Waals surface area (Å²) in [6.45, 7) is 2.19. The Morgan fingerprint density at radius 2 is 2.11 bits per heavy atom. The molecule has 0 saturated carbocycles. The summed E-state index contributed by atoms with van der Waals surface area (Å²) in [6.07, 6.45) is 3.97. The first-order chi connectivity index (χ1) is 8.74. The van der Waals surface area contributed by atoms with Crippen molar-refractivity contribution in [2.75, 3.05) is 5.32 Å². The van der Waals surface area contributed by atoms with Crippen LogP contribution in [0.2, 0.25) is 0 Å². The van der Waals surface area contributed by atoms with Crippen molar-refractivity contribution in [3.05, 3.63) is 58.7 Å². The average Bonchev–Trinajstić information content (AvgIpc) is 2.38. The Balaban J connectivity index is 1.83. The second-order valence-corrected chi connectivity index (χ2v) is 5.34. The molecular formula is C15H17BrN2. The first kappa shape index (κ1) is 13.1. The molecule has 1 N–H and O–H groups in total. The van der Waals surface area contributed by atoms with E-state index in [1.54, 1.807) is 0 Å². The summed E-state index contributed by atoms with van der Waals surface area (Å²) in [5.74, 6) is 0.944. The number of rotatable bonds is 5. The van der Waals surface area contributed by atoms with Crippen LogP contribution in [0.1, 0.15) is 18.9 Å². The van der Waals surface area contributed by atoms with Crippen LogP contribution in [0, 0.1) is 0 Å². The minimum Gasteiger partial charge on any atom is -0.368 e. The van der Waals surface area contributed by atoms with Gasteiger partial charge in [-0.3, -0.25) is 0 Å². The van der Waals surface area contributed by atoms with Gasteiger partial charge in [0.1, 0.15) is 5.82 Å². The number of hydrogen-bond acceptors (Lipinski definition) is 2. The second-order valence-electron chi connectivity index (χ2n) is 4.43. The lowest BCUT2D eigenvalue weighted by atomic mass is 10.1. The van der Waals surface area contributed by atoms with Gasteiger partial charge in [0.05, 0.1) is 0 Å². The monoisotopic (exact) mass is 304 g/mol. The maximum Gasteiger partial charge on any atom is 0.126 e. The van der Waals surface area contributed by atoms with Gasteiger partial charge in [-0.25, -0.2) is 4.98 Å². The standard InChI is InChI=1S/C15H17BrN2/c1-12(18-15-7-2-3-10-17-15)8-9-13-5-4-6-14(16)11-13/h2-7,10-12H,8-9H2,1H3,(H,17,18). The second kappa shape index (κ2) is 6.55. The van der Waals surface area contributed by atoms with E-state index in [1.165, 1.54) is 5.56 Å². The highest BCUT2D eigenvalue weighted by atomic mass is 79.9. The van der Waals surface area contributed by atoms with Crippen LogP contribution in [0.15, 0.2) is 53.1 Å². The number of nitrogens with zero attached hydrogens (tertiary/aromatic N) is 1. The molecule has 94 valence electrons. The fourth-order valence-electron chi connectivity index (χ4n) is 1.85. The third-order valence-electron chi connectivity index (χ3n) is 2.81. The van der Waals surface area contributed by atoms with Crippen molar-refractivity contribution in [3.8, 4) is 0 Å². The van der Waals surface area contributed by atoms with Crippen molar-refractivity contribution in [2.24, 2.45) is 0 Å². The van der Waals surface area contributed by atoms with Gasteiger partial charge in [0.25, 0.3) is 0 Å². The third kappa shape index (κ3) is 4.15. The predicted octanol–water partition coefficient (Wildman–Crippen LogP) is 4.28. The van der Waals surface area contributed by atoms with Crippen LogP contribution in [-0.2, 0) is 6.42 Å². The number of hydrogen-bond donors (Lipinski definition) is 1. The van der Waals surface area contributed by atoms with Crippen molar-refractivity contribution < 1.29 is 0 Å². The van der Waals surface area contributed by atoms with Gasteiger partial charge < -0.3 is 5.32 Å². The number of halogens is 1. The number of aromatic nitrogens is 1. The first-order valence-corrected chi connectivity index (χ1v) is 6.95. The molecule has 2 rings (SSSR count). The largest absolute Gasteiger partial charge is 0.368 e. The van der Waals surface area contributed by atoms with Gasteiger partial charge in [-0.15, -0.1) is 0 Å². The number of aryl methyl sites for hydroxylation is 1. The minimum absolute atomic E-state index is 0.416. The van der Waals surface area contributed by atoms with E-state index in [1.807, 2.05) is 24.4 Å². The zero-order chi connectivity index (χ0) is 12.8. The van der Waals surface area contributed by atoms with Gasteiger partial charge in [-0.05, 0) is 49.6 Å². The van der Waals surface area contributed by atoms with E-state index >= 15 is 0 Å². The zero-order valence-electron chi connectivity index (χ0n) is 10.4. The van der Waals surface area contributed by atoms with Crippen LogP contribution >= 0.6 is 15.9 Å². The molecule has 2 aromatic rings. The fraction of sp³-hybridized carbons (Fsp3) is 0.267. The van der Waals surface area contributed by atoms with Crippen LogP contribution in [0.25, 0.3) is 0 Å². The third-order valence-corrected chi connectivity index (χ3v) is 3.31. The zero-order valence-corrected chi connectivity index (χ0v) is 12.0. The SMILES string of the molecule is CC(CCc1cccc(Br)c1)Nc1ccccn1. The van der Waals surface area contributed by atoms with E-state index in [0.29, 0.717) is 6.04 Å². The van der Waals surface area contributed by atoms with Crippen molar-refractivity contribution >= 4 is 21.7 Å². The van der Waals surface area contributed by atoms with Crippen LogP contribution in [0.3, 0.4) is 0 Å². The van der Waals surface area contributed by atoms with E-state index in [-0.39, 0.29) is 0 Å². The molecular weight excluding hydrogens is 288 g/mol. The molecule has 1 unspecified atom stereocenters. The van der Waals surface area contributed by atoms with Crippen LogP contribution in [0.4, 0.5) is 5.82 Å². The predicted molar refractivity (Wildman–Crippen MR) is 79.8 cm³/mol. The quantitative estimate of drug-likeness (QED) is 0.892. The molecule has 0 aliphatic carbocycles. The molecule has 3 heteroatoms. The highest BCUT2D eigenvalue weighted by Crippen LogP contribution is 2.14. The molecule has 0 aliphatic heterocycles. The Bertz CT molecular complexity index is 485. The molecule has 1 aromatic carbocycles. The van der Waals surface area contributed by atoms with Gasteiger partial charge in [0.15, 0.2) is 0 Å². The van der Waals surface area contributed by atoms with Gasteiger partial charge >= 0.3 is 0 Å². The summed E-state index contributed by atoms with van der Waals surface area (Å²) in [7, 11) is 0. The van der Waals surface area contributed by atoms with Crippen molar-refractivity contribution in [2.45, 2.75) is 25.8 Å². The van der Waals surface area contributed by atoms with Crippen molar-refractivity contribution in [1.82, 2.24) is 4.98 Å². The molecule has 0 spiro atoms. The van der Waals surface area contributed by atoms with Gasteiger partial charge in [0.2, 0.25) is 0 Å². The van der Waals surface area contributed by atoms with E-state index < -0.39 is 0 Å². The number of anilines is 1. The van der Waals surface area contributed by atoms with Crippen molar-refractivity contribution in [3.63, 3.8) is 0 Å².